The van der Waals surface area contributed by atoms with Crippen molar-refractivity contribution in [2.45, 2.75) is 26.5 Å². The highest BCUT2D eigenvalue weighted by Crippen LogP contribution is 2.15. The molecule has 0 aliphatic heterocycles. The molecule has 0 saturated carbocycles. The molecule has 0 heterocycles. The highest BCUT2D eigenvalue weighted by atomic mass is 16.5. The van der Waals surface area contributed by atoms with Crippen molar-refractivity contribution < 1.29 is 19.4 Å². The third-order valence-electron chi connectivity index (χ3n) is 4.18. The Morgan fingerprint density at radius 2 is 1.69 bits per heavy atom. The Kier molecular flexibility index (Phi) is 7.63. The zero-order valence-corrected chi connectivity index (χ0v) is 15.6. The molecule has 0 fully saturated rings. The molecule has 1 unspecified atom stereocenters. The van der Waals surface area contributed by atoms with E-state index in [1.165, 1.54) is 12.5 Å². The van der Waals surface area contributed by atoms with E-state index in [1.54, 1.807) is 31.4 Å². The lowest BCUT2D eigenvalue weighted by atomic mass is 10.1. The number of benzene rings is 2. The second kappa shape index (κ2) is 9.94. The molecule has 2 rings (SSSR count). The highest BCUT2D eigenvalue weighted by Gasteiger charge is 2.12. The number of carbonyl (C=O) groups is 1. The largest absolute Gasteiger partial charge is 0.497 e. The predicted molar refractivity (Wildman–Crippen MR) is 102 cm³/mol. The van der Waals surface area contributed by atoms with Crippen LogP contribution in [0.3, 0.4) is 0 Å². The standard InChI is InChI=1S/C21H27NO4/c1-4-22(13-17-5-9-20(25-3)10-6-17)14-19(24)15-26-21-11-7-18(8-12-21)16(2)23/h5-12,19,24H,4,13-15H2,1-3H3. The third-order valence-corrected chi connectivity index (χ3v) is 4.18. The quantitative estimate of drug-likeness (QED) is 0.662. The molecular weight excluding hydrogens is 330 g/mol. The number of aliphatic hydroxyl groups excluding tert-OH is 1. The van der Waals surface area contributed by atoms with Gasteiger partial charge in [0.1, 0.15) is 24.2 Å². The van der Waals surface area contributed by atoms with E-state index in [4.69, 9.17) is 9.47 Å². The molecule has 0 bridgehead atoms. The first-order chi connectivity index (χ1) is 12.5. The van der Waals surface area contributed by atoms with Gasteiger partial charge in [0, 0.05) is 18.7 Å². The summed E-state index contributed by atoms with van der Waals surface area (Å²) in [5.41, 5.74) is 1.81. The van der Waals surface area contributed by atoms with Crippen molar-refractivity contribution in [2.75, 3.05) is 26.8 Å². The molecule has 0 saturated heterocycles. The molecule has 0 aromatic heterocycles. The minimum absolute atomic E-state index is 0.0219. The number of likely N-dealkylation sites (N-methyl/N-ethyl adjacent to an activating group) is 1. The van der Waals surface area contributed by atoms with Gasteiger partial charge in [0.15, 0.2) is 5.78 Å². The number of hydrogen-bond donors (Lipinski definition) is 1. The smallest absolute Gasteiger partial charge is 0.159 e. The van der Waals surface area contributed by atoms with Gasteiger partial charge in [-0.25, -0.2) is 0 Å². The van der Waals surface area contributed by atoms with Crippen LogP contribution in [0.5, 0.6) is 11.5 Å². The molecule has 0 amide bonds. The monoisotopic (exact) mass is 357 g/mol. The van der Waals surface area contributed by atoms with E-state index in [0.29, 0.717) is 17.9 Å². The van der Waals surface area contributed by atoms with E-state index in [9.17, 15) is 9.90 Å². The topological polar surface area (TPSA) is 59.0 Å². The van der Waals surface area contributed by atoms with E-state index in [0.717, 1.165) is 18.8 Å². The molecule has 0 radical (unpaired) electrons. The average molecular weight is 357 g/mol. The van der Waals surface area contributed by atoms with E-state index < -0.39 is 6.10 Å². The van der Waals surface area contributed by atoms with Gasteiger partial charge in [0.05, 0.1) is 7.11 Å². The number of hydrogen-bond acceptors (Lipinski definition) is 5. The molecule has 26 heavy (non-hydrogen) atoms. The summed E-state index contributed by atoms with van der Waals surface area (Å²) < 4.78 is 10.8. The van der Waals surface area contributed by atoms with Crippen molar-refractivity contribution >= 4 is 5.78 Å². The number of rotatable bonds is 10. The summed E-state index contributed by atoms with van der Waals surface area (Å²) in [6, 6.07) is 14.9. The fourth-order valence-electron chi connectivity index (χ4n) is 2.62. The molecule has 2 aromatic rings. The summed E-state index contributed by atoms with van der Waals surface area (Å²) in [5, 5.41) is 10.3. The molecule has 0 aliphatic carbocycles. The summed E-state index contributed by atoms with van der Waals surface area (Å²) >= 11 is 0. The Bertz CT molecular complexity index is 682. The van der Waals surface area contributed by atoms with Crippen LogP contribution in [-0.4, -0.2) is 48.7 Å². The number of ether oxygens (including phenoxy) is 2. The van der Waals surface area contributed by atoms with Gasteiger partial charge in [-0.1, -0.05) is 19.1 Å². The average Bonchev–Trinajstić information content (AvgIpc) is 2.66. The first-order valence-corrected chi connectivity index (χ1v) is 8.79. The minimum Gasteiger partial charge on any atom is -0.497 e. The molecule has 5 heteroatoms. The van der Waals surface area contributed by atoms with Crippen LogP contribution < -0.4 is 9.47 Å². The van der Waals surface area contributed by atoms with Crippen LogP contribution in [0.1, 0.15) is 29.8 Å². The van der Waals surface area contributed by atoms with Crippen LogP contribution >= 0.6 is 0 Å². The summed E-state index contributed by atoms with van der Waals surface area (Å²) in [6.45, 7) is 5.91. The molecule has 0 aliphatic rings. The lowest BCUT2D eigenvalue weighted by molar-refractivity contribution is 0.0674. The first-order valence-electron chi connectivity index (χ1n) is 8.79. The van der Waals surface area contributed by atoms with Crippen molar-refractivity contribution in [2.24, 2.45) is 0 Å². The highest BCUT2D eigenvalue weighted by molar-refractivity contribution is 5.94. The molecular formula is C21H27NO4. The Balaban J connectivity index is 1.82. The SMILES string of the molecule is CCN(Cc1ccc(OC)cc1)CC(O)COc1ccc(C(C)=O)cc1. The number of carbonyl (C=O) groups excluding carboxylic acids is 1. The second-order valence-corrected chi connectivity index (χ2v) is 6.22. The third kappa shape index (κ3) is 6.17. The maximum absolute atomic E-state index is 11.3. The molecule has 140 valence electrons. The van der Waals surface area contributed by atoms with Crippen molar-refractivity contribution in [1.82, 2.24) is 4.90 Å². The van der Waals surface area contributed by atoms with Crippen molar-refractivity contribution in [3.63, 3.8) is 0 Å². The first kappa shape index (κ1) is 19.9. The fourth-order valence-corrected chi connectivity index (χ4v) is 2.62. The Morgan fingerprint density at radius 3 is 2.23 bits per heavy atom. The number of methoxy groups -OCH3 is 1. The maximum Gasteiger partial charge on any atom is 0.159 e. The number of Topliss-reactive ketones (excluding diaryl/α,β-unsaturated/α-hetero) is 1. The van der Waals surface area contributed by atoms with Crippen LogP contribution in [0.25, 0.3) is 0 Å². The van der Waals surface area contributed by atoms with Gasteiger partial charge in [-0.2, -0.15) is 0 Å². The lowest BCUT2D eigenvalue weighted by Gasteiger charge is -2.24. The minimum atomic E-state index is -0.597. The second-order valence-electron chi connectivity index (χ2n) is 6.22. The van der Waals surface area contributed by atoms with Gasteiger partial charge in [0.2, 0.25) is 0 Å². The molecule has 0 spiro atoms. The number of ketones is 1. The van der Waals surface area contributed by atoms with Crippen molar-refractivity contribution in [1.29, 1.82) is 0 Å². The predicted octanol–water partition coefficient (Wildman–Crippen LogP) is 3.16. The zero-order chi connectivity index (χ0) is 18.9. The maximum atomic E-state index is 11.3. The Hall–Kier alpha value is -2.37. The summed E-state index contributed by atoms with van der Waals surface area (Å²) in [7, 11) is 1.65. The van der Waals surface area contributed by atoms with Gasteiger partial charge in [-0.3, -0.25) is 9.69 Å². The number of aliphatic hydroxyl groups is 1. The van der Waals surface area contributed by atoms with E-state index in [-0.39, 0.29) is 12.4 Å². The van der Waals surface area contributed by atoms with E-state index in [1.807, 2.05) is 24.3 Å². The molecule has 1 N–H and O–H groups in total. The fraction of sp³-hybridized carbons (Fsp3) is 0.381. The van der Waals surface area contributed by atoms with Crippen LogP contribution in [0.2, 0.25) is 0 Å². The van der Waals surface area contributed by atoms with Crippen molar-refractivity contribution in [3.8, 4) is 11.5 Å². The van der Waals surface area contributed by atoms with Crippen molar-refractivity contribution in [3.05, 3.63) is 59.7 Å². The normalized spacial score (nSPS) is 12.0. The van der Waals surface area contributed by atoms with Crippen LogP contribution in [0.4, 0.5) is 0 Å². The van der Waals surface area contributed by atoms with Crippen LogP contribution in [0, 0.1) is 0 Å². The van der Waals surface area contributed by atoms with E-state index in [2.05, 4.69) is 11.8 Å². The zero-order valence-electron chi connectivity index (χ0n) is 15.6. The lowest BCUT2D eigenvalue weighted by Crippen LogP contribution is -2.35. The van der Waals surface area contributed by atoms with E-state index >= 15 is 0 Å². The van der Waals surface area contributed by atoms with Crippen LogP contribution in [-0.2, 0) is 6.54 Å². The molecule has 2 aromatic carbocycles. The summed E-state index contributed by atoms with van der Waals surface area (Å²) in [5.74, 6) is 1.50. The Labute approximate surface area is 155 Å². The van der Waals surface area contributed by atoms with Gasteiger partial charge in [-0.05, 0) is 55.4 Å². The van der Waals surface area contributed by atoms with Gasteiger partial charge < -0.3 is 14.6 Å². The van der Waals surface area contributed by atoms with Crippen LogP contribution in [0.15, 0.2) is 48.5 Å². The molecule has 1 atom stereocenters. The van der Waals surface area contributed by atoms with Gasteiger partial charge in [-0.15, -0.1) is 0 Å². The Morgan fingerprint density at radius 1 is 1.08 bits per heavy atom. The number of nitrogens with zero attached hydrogens (tertiary/aromatic N) is 1. The van der Waals surface area contributed by atoms with Gasteiger partial charge >= 0.3 is 0 Å². The summed E-state index contributed by atoms with van der Waals surface area (Å²) in [6.07, 6.45) is -0.597. The van der Waals surface area contributed by atoms with Gasteiger partial charge in [0.25, 0.3) is 0 Å². The summed E-state index contributed by atoms with van der Waals surface area (Å²) in [4.78, 5) is 13.4. The molecule has 5 nitrogen and oxygen atoms in total.